The molecule has 0 amide bonds. The number of piperidine rings is 1. The summed E-state index contributed by atoms with van der Waals surface area (Å²) in [5.41, 5.74) is 1.14. The van der Waals surface area contributed by atoms with E-state index in [9.17, 15) is 0 Å². The number of nitrogens with zero attached hydrogens (tertiary/aromatic N) is 4. The van der Waals surface area contributed by atoms with Gasteiger partial charge in [0, 0.05) is 18.0 Å². The summed E-state index contributed by atoms with van der Waals surface area (Å²) in [4.78, 5) is 2.60. The Morgan fingerprint density at radius 3 is 2.61 bits per heavy atom. The number of rotatable bonds is 7. The van der Waals surface area contributed by atoms with Gasteiger partial charge in [-0.15, -0.1) is 10.2 Å². The molecule has 1 atom stereocenters. The average Bonchev–Trinajstić information content (AvgIpc) is 3.37. The first-order valence-corrected chi connectivity index (χ1v) is 10.4. The summed E-state index contributed by atoms with van der Waals surface area (Å²) in [7, 11) is 0. The number of benzene rings is 1. The first-order chi connectivity index (χ1) is 13.7. The van der Waals surface area contributed by atoms with Crippen molar-refractivity contribution in [3.63, 3.8) is 0 Å². The maximum atomic E-state index is 5.77. The van der Waals surface area contributed by atoms with Crippen molar-refractivity contribution in [2.24, 2.45) is 5.92 Å². The molecular weight excluding hydrogens is 348 g/mol. The van der Waals surface area contributed by atoms with Crippen LogP contribution in [0.2, 0.25) is 0 Å². The first-order valence-electron chi connectivity index (χ1n) is 10.4. The van der Waals surface area contributed by atoms with Crippen LogP contribution in [0.3, 0.4) is 0 Å². The van der Waals surface area contributed by atoms with Gasteiger partial charge in [-0.2, -0.15) is 0 Å². The van der Waals surface area contributed by atoms with Crippen molar-refractivity contribution in [3.05, 3.63) is 66.1 Å². The predicted octanol–water partition coefficient (Wildman–Crippen LogP) is 4.62. The Morgan fingerprint density at radius 2 is 1.89 bits per heavy atom. The second kappa shape index (κ2) is 8.74. The number of para-hydroxylation sites is 1. The van der Waals surface area contributed by atoms with Crippen LogP contribution in [0.15, 0.2) is 53.2 Å². The molecule has 0 saturated carbocycles. The molecule has 3 heterocycles. The van der Waals surface area contributed by atoms with Gasteiger partial charge in [-0.1, -0.05) is 25.1 Å². The Labute approximate surface area is 167 Å². The Morgan fingerprint density at radius 1 is 1.11 bits per heavy atom. The third-order valence-electron chi connectivity index (χ3n) is 5.96. The van der Waals surface area contributed by atoms with Crippen LogP contribution in [-0.4, -0.2) is 39.3 Å². The molecule has 1 aromatic carbocycles. The van der Waals surface area contributed by atoms with Gasteiger partial charge in [-0.25, -0.2) is 0 Å². The number of hydrogen-bond acceptors (Lipinski definition) is 4. The van der Waals surface area contributed by atoms with E-state index in [0.29, 0.717) is 11.8 Å². The van der Waals surface area contributed by atoms with E-state index in [1.807, 2.05) is 19.3 Å². The zero-order valence-corrected chi connectivity index (χ0v) is 16.9. The van der Waals surface area contributed by atoms with Gasteiger partial charge < -0.3 is 9.32 Å². The maximum absolute atomic E-state index is 5.77. The summed E-state index contributed by atoms with van der Waals surface area (Å²) in [6.45, 7) is 7.77. The van der Waals surface area contributed by atoms with Crippen LogP contribution in [0.4, 0.5) is 0 Å². The molecule has 148 valence electrons. The Kier molecular flexibility index (Phi) is 5.91. The maximum Gasteiger partial charge on any atom is 0.137 e. The lowest BCUT2D eigenvalue weighted by molar-refractivity contribution is 0.176. The molecule has 0 radical (unpaired) electrons. The van der Waals surface area contributed by atoms with Gasteiger partial charge in [0.15, 0.2) is 0 Å². The third-order valence-corrected chi connectivity index (χ3v) is 5.96. The van der Waals surface area contributed by atoms with Gasteiger partial charge in [0.25, 0.3) is 0 Å². The molecule has 1 aliphatic rings. The molecule has 1 aliphatic heterocycles. The Hall–Kier alpha value is -2.40. The van der Waals surface area contributed by atoms with Gasteiger partial charge >= 0.3 is 0 Å². The molecule has 3 aromatic rings. The van der Waals surface area contributed by atoms with Crippen molar-refractivity contribution in [1.29, 1.82) is 0 Å². The monoisotopic (exact) mass is 378 g/mol. The number of furan rings is 1. The van der Waals surface area contributed by atoms with E-state index in [-0.39, 0.29) is 0 Å². The van der Waals surface area contributed by atoms with Crippen molar-refractivity contribution in [1.82, 2.24) is 19.7 Å². The molecule has 1 fully saturated rings. The second-order valence-electron chi connectivity index (χ2n) is 8.08. The van der Waals surface area contributed by atoms with Crippen LogP contribution in [0.25, 0.3) is 5.69 Å². The van der Waals surface area contributed by atoms with E-state index in [1.54, 1.807) is 0 Å². The highest BCUT2D eigenvalue weighted by Gasteiger charge is 2.22. The van der Waals surface area contributed by atoms with Crippen molar-refractivity contribution in [2.75, 3.05) is 19.6 Å². The van der Waals surface area contributed by atoms with Crippen molar-refractivity contribution in [2.45, 2.75) is 45.4 Å². The summed E-state index contributed by atoms with van der Waals surface area (Å²) < 4.78 is 7.90. The Balaban J connectivity index is 1.26. The topological polar surface area (TPSA) is 47.1 Å². The zero-order valence-electron chi connectivity index (χ0n) is 16.9. The number of likely N-dealkylation sites (tertiary alicyclic amines) is 1. The normalized spacial score (nSPS) is 17.1. The van der Waals surface area contributed by atoms with Crippen LogP contribution < -0.4 is 0 Å². The van der Waals surface area contributed by atoms with E-state index in [1.165, 1.54) is 25.9 Å². The summed E-state index contributed by atoms with van der Waals surface area (Å²) in [5.74, 6) is 4.37. The molecule has 0 aliphatic carbocycles. The number of hydrogen-bond donors (Lipinski definition) is 0. The average molecular weight is 379 g/mol. The lowest BCUT2D eigenvalue weighted by atomic mass is 9.92. The third kappa shape index (κ3) is 4.53. The van der Waals surface area contributed by atoms with E-state index < -0.39 is 0 Å². The molecular formula is C23H30N4O. The zero-order chi connectivity index (χ0) is 19.3. The fourth-order valence-corrected chi connectivity index (χ4v) is 4.11. The van der Waals surface area contributed by atoms with E-state index >= 15 is 0 Å². The smallest absolute Gasteiger partial charge is 0.137 e. The van der Waals surface area contributed by atoms with E-state index in [2.05, 4.69) is 63.0 Å². The number of aromatic nitrogens is 3. The summed E-state index contributed by atoms with van der Waals surface area (Å²) in [6.07, 6.45) is 6.45. The standard InChI is InChI=1S/C23H30N4O/c1-18(22-9-8-19(2)28-22)10-13-26-14-11-20(12-15-26)16-23-25-24-17-27(23)21-6-4-3-5-7-21/h3-9,17-18,20H,10-16H2,1-2H3/t18-/m0/s1. The van der Waals surface area contributed by atoms with Crippen molar-refractivity contribution < 1.29 is 4.42 Å². The highest BCUT2D eigenvalue weighted by Crippen LogP contribution is 2.25. The SMILES string of the molecule is Cc1ccc([C@@H](C)CCN2CCC(Cc3nncn3-c3ccccc3)CC2)o1. The lowest BCUT2D eigenvalue weighted by Gasteiger charge is -2.32. The second-order valence-corrected chi connectivity index (χ2v) is 8.08. The van der Waals surface area contributed by atoms with Crippen molar-refractivity contribution >= 4 is 0 Å². The van der Waals surface area contributed by atoms with Crippen LogP contribution in [0, 0.1) is 12.8 Å². The summed E-state index contributed by atoms with van der Waals surface area (Å²) >= 11 is 0. The van der Waals surface area contributed by atoms with Crippen LogP contribution >= 0.6 is 0 Å². The minimum absolute atomic E-state index is 0.482. The molecule has 5 heteroatoms. The van der Waals surface area contributed by atoms with Crippen LogP contribution in [0.1, 0.15) is 49.4 Å². The van der Waals surface area contributed by atoms with Gasteiger partial charge in [-0.3, -0.25) is 4.57 Å². The molecule has 0 bridgehead atoms. The molecule has 4 rings (SSSR count). The fourth-order valence-electron chi connectivity index (χ4n) is 4.11. The van der Waals surface area contributed by atoms with E-state index in [4.69, 9.17) is 4.42 Å². The summed E-state index contributed by atoms with van der Waals surface area (Å²) in [6, 6.07) is 14.6. The fraction of sp³-hybridized carbons (Fsp3) is 0.478. The van der Waals surface area contributed by atoms with Gasteiger partial charge in [0.05, 0.1) is 0 Å². The molecule has 28 heavy (non-hydrogen) atoms. The highest BCUT2D eigenvalue weighted by atomic mass is 16.3. The van der Waals surface area contributed by atoms with Gasteiger partial charge in [0.2, 0.25) is 0 Å². The molecule has 2 aromatic heterocycles. The lowest BCUT2D eigenvalue weighted by Crippen LogP contribution is -2.35. The van der Waals surface area contributed by atoms with Crippen LogP contribution in [-0.2, 0) is 6.42 Å². The molecule has 0 N–H and O–H groups in total. The van der Waals surface area contributed by atoms with E-state index in [0.717, 1.165) is 42.4 Å². The van der Waals surface area contributed by atoms with Crippen LogP contribution in [0.5, 0.6) is 0 Å². The number of aryl methyl sites for hydroxylation is 1. The van der Waals surface area contributed by atoms with Gasteiger partial charge in [0.1, 0.15) is 23.7 Å². The minimum atomic E-state index is 0.482. The minimum Gasteiger partial charge on any atom is -0.466 e. The largest absolute Gasteiger partial charge is 0.466 e. The molecule has 0 unspecified atom stereocenters. The summed E-state index contributed by atoms with van der Waals surface area (Å²) in [5, 5.41) is 8.54. The molecule has 5 nitrogen and oxygen atoms in total. The Bertz CT molecular complexity index is 862. The highest BCUT2D eigenvalue weighted by molar-refractivity contribution is 5.32. The predicted molar refractivity (Wildman–Crippen MR) is 111 cm³/mol. The molecule has 0 spiro atoms. The van der Waals surface area contributed by atoms with Crippen molar-refractivity contribution in [3.8, 4) is 5.69 Å². The molecule has 1 saturated heterocycles. The quantitative estimate of drug-likeness (QED) is 0.602. The first kappa shape index (κ1) is 18.9. The van der Waals surface area contributed by atoms with Gasteiger partial charge in [-0.05, 0) is 76.0 Å².